The van der Waals surface area contributed by atoms with Gasteiger partial charge in [0, 0.05) is 12.1 Å². The lowest BCUT2D eigenvalue weighted by atomic mass is 10.1. The third kappa shape index (κ3) is 3.06. The second-order valence-corrected chi connectivity index (χ2v) is 4.82. The second-order valence-electron chi connectivity index (χ2n) is 4.82. The summed E-state index contributed by atoms with van der Waals surface area (Å²) in [4.78, 5) is 12.0. The first kappa shape index (κ1) is 16.3. The molecule has 1 N–H and O–H groups in total. The summed E-state index contributed by atoms with van der Waals surface area (Å²) in [6, 6.07) is 8.18. The number of amides is 1. The lowest BCUT2D eigenvalue weighted by Crippen LogP contribution is -2.57. The number of nitrogens with zero attached hydrogens (tertiary/aromatic N) is 2. The average Bonchev–Trinajstić information content (AvgIpc) is 2.84. The quantitative estimate of drug-likeness (QED) is 0.927. The number of carbonyl (C=O) groups excluding carboxylic acids is 1. The largest absolute Gasteiger partial charge is 0.484 e. The smallest absolute Gasteiger partial charge is 0.438 e. The van der Waals surface area contributed by atoms with E-state index in [0.717, 1.165) is 0 Å². The van der Waals surface area contributed by atoms with Gasteiger partial charge in [-0.3, -0.25) is 4.79 Å². The molecule has 0 aliphatic carbocycles. The third-order valence-electron chi connectivity index (χ3n) is 3.25. The number of halogens is 3. The molecule has 1 aromatic rings. The SMILES string of the molecule is CCC1=NN(C(=O)COc2ccccc2)C(O)(C(F)(F)F)C1. The Hall–Kier alpha value is -2.09. The highest BCUT2D eigenvalue weighted by atomic mass is 19.4. The van der Waals surface area contributed by atoms with Gasteiger partial charge >= 0.3 is 6.18 Å². The van der Waals surface area contributed by atoms with E-state index in [1.165, 1.54) is 0 Å². The molecule has 22 heavy (non-hydrogen) atoms. The van der Waals surface area contributed by atoms with E-state index in [0.29, 0.717) is 5.75 Å². The molecule has 1 aliphatic rings. The van der Waals surface area contributed by atoms with Gasteiger partial charge in [-0.25, -0.2) is 0 Å². The molecule has 0 radical (unpaired) electrons. The van der Waals surface area contributed by atoms with Gasteiger partial charge in [0.1, 0.15) is 5.75 Å². The van der Waals surface area contributed by atoms with Crippen molar-refractivity contribution in [2.24, 2.45) is 5.10 Å². The van der Waals surface area contributed by atoms with Gasteiger partial charge in [0.2, 0.25) is 0 Å². The van der Waals surface area contributed by atoms with Crippen LogP contribution in [0.15, 0.2) is 35.4 Å². The Morgan fingerprint density at radius 3 is 2.59 bits per heavy atom. The molecule has 1 unspecified atom stereocenters. The van der Waals surface area contributed by atoms with Gasteiger partial charge < -0.3 is 9.84 Å². The Morgan fingerprint density at radius 2 is 2.05 bits per heavy atom. The monoisotopic (exact) mass is 316 g/mol. The summed E-state index contributed by atoms with van der Waals surface area (Å²) in [6.45, 7) is 0.951. The fraction of sp³-hybridized carbons (Fsp3) is 0.429. The summed E-state index contributed by atoms with van der Waals surface area (Å²) in [5.74, 6) is -0.725. The van der Waals surface area contributed by atoms with E-state index < -0.39 is 30.8 Å². The highest BCUT2D eigenvalue weighted by Gasteiger charge is 2.62. The number of carbonyl (C=O) groups is 1. The van der Waals surface area contributed by atoms with Crippen molar-refractivity contribution in [1.29, 1.82) is 0 Å². The zero-order chi connectivity index (χ0) is 16.4. The second kappa shape index (κ2) is 5.96. The minimum absolute atomic E-state index is 0.0781. The lowest BCUT2D eigenvalue weighted by Gasteiger charge is -2.32. The van der Waals surface area contributed by atoms with Crippen LogP contribution in [0.25, 0.3) is 0 Å². The van der Waals surface area contributed by atoms with E-state index >= 15 is 0 Å². The zero-order valence-electron chi connectivity index (χ0n) is 11.8. The molecule has 1 aliphatic heterocycles. The number of hydrazone groups is 1. The molecule has 0 spiro atoms. The third-order valence-corrected chi connectivity index (χ3v) is 3.25. The number of alkyl halides is 3. The topological polar surface area (TPSA) is 62.1 Å². The number of rotatable bonds is 4. The first-order chi connectivity index (χ1) is 10.3. The molecule has 1 heterocycles. The predicted molar refractivity (Wildman–Crippen MR) is 72.1 cm³/mol. The Bertz CT molecular complexity index is 574. The van der Waals surface area contributed by atoms with Gasteiger partial charge in [-0.15, -0.1) is 0 Å². The lowest BCUT2D eigenvalue weighted by molar-refractivity contribution is -0.302. The highest BCUT2D eigenvalue weighted by molar-refractivity contribution is 5.90. The average molecular weight is 316 g/mol. The Kier molecular flexibility index (Phi) is 4.41. The molecule has 0 saturated carbocycles. The summed E-state index contributed by atoms with van der Waals surface area (Å²) in [6.07, 6.45) is -5.54. The number of aliphatic hydroxyl groups is 1. The number of hydrogen-bond donors (Lipinski definition) is 1. The van der Waals surface area contributed by atoms with Crippen LogP contribution in [0.1, 0.15) is 19.8 Å². The van der Waals surface area contributed by atoms with Crippen LogP contribution in [-0.2, 0) is 4.79 Å². The van der Waals surface area contributed by atoms with Crippen molar-refractivity contribution in [1.82, 2.24) is 5.01 Å². The maximum Gasteiger partial charge on any atom is 0.438 e. The van der Waals surface area contributed by atoms with Gasteiger partial charge in [0.05, 0.1) is 0 Å². The fourth-order valence-corrected chi connectivity index (χ4v) is 2.02. The maximum atomic E-state index is 13.1. The fourth-order valence-electron chi connectivity index (χ4n) is 2.02. The van der Waals surface area contributed by atoms with E-state index in [1.54, 1.807) is 37.3 Å². The first-order valence-corrected chi connectivity index (χ1v) is 6.64. The summed E-state index contributed by atoms with van der Waals surface area (Å²) in [5, 5.41) is 13.5. The molecule has 1 atom stereocenters. The summed E-state index contributed by atoms with van der Waals surface area (Å²) < 4.78 is 44.3. The minimum Gasteiger partial charge on any atom is -0.484 e. The predicted octanol–water partition coefficient (Wildman–Crippen LogP) is 2.31. The van der Waals surface area contributed by atoms with Crippen molar-refractivity contribution in [2.45, 2.75) is 31.7 Å². The van der Waals surface area contributed by atoms with Gasteiger partial charge in [0.25, 0.3) is 11.6 Å². The summed E-state index contributed by atoms with van der Waals surface area (Å²) >= 11 is 0. The Balaban J connectivity index is 2.13. The molecular formula is C14H15F3N2O3. The normalized spacial score (nSPS) is 21.7. The van der Waals surface area contributed by atoms with Gasteiger partial charge in [-0.05, 0) is 18.6 Å². The zero-order valence-corrected chi connectivity index (χ0v) is 11.8. The van der Waals surface area contributed by atoms with Crippen molar-refractivity contribution >= 4 is 11.6 Å². The van der Waals surface area contributed by atoms with Crippen LogP contribution < -0.4 is 4.74 Å². The molecule has 0 bridgehead atoms. The molecule has 1 amide bonds. The number of para-hydroxylation sites is 1. The van der Waals surface area contributed by atoms with Gasteiger partial charge in [-0.2, -0.15) is 23.3 Å². The van der Waals surface area contributed by atoms with Crippen LogP contribution >= 0.6 is 0 Å². The summed E-state index contributed by atoms with van der Waals surface area (Å²) in [5.41, 5.74) is -3.21. The molecule has 0 aromatic heterocycles. The van der Waals surface area contributed by atoms with Crippen molar-refractivity contribution in [3.63, 3.8) is 0 Å². The Labute approximate surface area is 125 Å². The standard InChI is InChI=1S/C14H15F3N2O3/c1-2-10-8-13(21,14(15,16)17)19(18-10)12(20)9-22-11-6-4-3-5-7-11/h3-7,21H,2,8-9H2,1H3. The Morgan fingerprint density at radius 1 is 1.41 bits per heavy atom. The maximum absolute atomic E-state index is 13.1. The van der Waals surface area contributed by atoms with E-state index in [4.69, 9.17) is 4.74 Å². The van der Waals surface area contributed by atoms with Crippen LogP contribution in [0.3, 0.4) is 0 Å². The van der Waals surface area contributed by atoms with Crippen molar-refractivity contribution in [3.8, 4) is 5.75 Å². The van der Waals surface area contributed by atoms with Crippen LogP contribution in [-0.4, -0.2) is 40.2 Å². The number of hydrogen-bond acceptors (Lipinski definition) is 4. The van der Waals surface area contributed by atoms with Gasteiger partial charge in [0.15, 0.2) is 6.61 Å². The van der Waals surface area contributed by atoms with Crippen LogP contribution in [0.2, 0.25) is 0 Å². The molecule has 1 aromatic carbocycles. The van der Waals surface area contributed by atoms with Crippen LogP contribution in [0.4, 0.5) is 13.2 Å². The molecular weight excluding hydrogens is 301 g/mol. The molecule has 5 nitrogen and oxygen atoms in total. The first-order valence-electron chi connectivity index (χ1n) is 6.64. The number of ether oxygens (including phenoxy) is 1. The highest BCUT2D eigenvalue weighted by Crippen LogP contribution is 2.40. The number of benzene rings is 1. The van der Waals surface area contributed by atoms with E-state index in [9.17, 15) is 23.1 Å². The van der Waals surface area contributed by atoms with E-state index in [2.05, 4.69) is 5.10 Å². The molecule has 0 fully saturated rings. The van der Waals surface area contributed by atoms with Crippen molar-refractivity contribution < 1.29 is 27.8 Å². The van der Waals surface area contributed by atoms with E-state index in [-0.39, 0.29) is 17.1 Å². The van der Waals surface area contributed by atoms with Crippen molar-refractivity contribution in [3.05, 3.63) is 30.3 Å². The molecule has 8 heteroatoms. The minimum atomic E-state index is -5.00. The van der Waals surface area contributed by atoms with E-state index in [1.807, 2.05) is 0 Å². The molecule has 2 rings (SSSR count). The van der Waals surface area contributed by atoms with Crippen molar-refractivity contribution in [2.75, 3.05) is 6.61 Å². The van der Waals surface area contributed by atoms with Crippen LogP contribution in [0, 0.1) is 0 Å². The molecule has 120 valence electrons. The van der Waals surface area contributed by atoms with Crippen LogP contribution in [0.5, 0.6) is 5.75 Å². The van der Waals surface area contributed by atoms with Gasteiger partial charge in [-0.1, -0.05) is 25.1 Å². The molecule has 0 saturated heterocycles. The summed E-state index contributed by atoms with van der Waals surface area (Å²) in [7, 11) is 0.